The van der Waals surface area contributed by atoms with Gasteiger partial charge in [-0.3, -0.25) is 19.5 Å². The summed E-state index contributed by atoms with van der Waals surface area (Å²) >= 11 is 1.24. The number of carbonyl (C=O) groups is 1. The fraction of sp³-hybridized carbons (Fsp3) is 0.182. The minimum atomic E-state index is -0.479. The zero-order valence-electron chi connectivity index (χ0n) is 17.1. The van der Waals surface area contributed by atoms with Gasteiger partial charge in [-0.1, -0.05) is 11.8 Å². The molecule has 9 heteroatoms. The summed E-state index contributed by atoms with van der Waals surface area (Å²) in [5.74, 6) is -0.255. The van der Waals surface area contributed by atoms with Gasteiger partial charge < -0.3 is 4.57 Å². The first-order valence-electron chi connectivity index (χ1n) is 9.48. The molecule has 0 fully saturated rings. The summed E-state index contributed by atoms with van der Waals surface area (Å²) in [6, 6.07) is 12.2. The number of nitro benzene ring substituents is 1. The van der Waals surface area contributed by atoms with Crippen LogP contribution in [0.3, 0.4) is 0 Å². The molecule has 0 unspecified atom stereocenters. The van der Waals surface area contributed by atoms with E-state index in [-0.39, 0.29) is 23.0 Å². The molecule has 158 valence electrons. The van der Waals surface area contributed by atoms with Gasteiger partial charge in [0.2, 0.25) is 0 Å². The van der Waals surface area contributed by atoms with Crippen molar-refractivity contribution in [3.05, 3.63) is 81.4 Å². The molecule has 0 radical (unpaired) electrons. The highest BCUT2D eigenvalue weighted by atomic mass is 32.2. The quantitative estimate of drug-likeness (QED) is 0.183. The van der Waals surface area contributed by atoms with Gasteiger partial charge in [0.05, 0.1) is 21.7 Å². The Morgan fingerprint density at radius 2 is 1.87 bits per heavy atom. The molecule has 0 saturated carbocycles. The predicted octanol–water partition coefficient (Wildman–Crippen LogP) is 5.00. The summed E-state index contributed by atoms with van der Waals surface area (Å²) in [6.45, 7) is 3.84. The van der Waals surface area contributed by atoms with Crippen LogP contribution < -0.4 is 0 Å². The first-order chi connectivity index (χ1) is 14.8. The molecule has 4 rings (SSSR count). The number of ketones is 1. The van der Waals surface area contributed by atoms with Gasteiger partial charge in [-0.05, 0) is 50.2 Å². The Labute approximate surface area is 181 Å². The smallest absolute Gasteiger partial charge is 0.271 e. The molecule has 0 spiro atoms. The summed E-state index contributed by atoms with van der Waals surface area (Å²) in [5.41, 5.74) is 4.20. The molecular weight excluding hydrogens is 419 g/mol. The molecule has 31 heavy (non-hydrogen) atoms. The monoisotopic (exact) mass is 438 g/mol. The molecule has 0 bridgehead atoms. The minimum Gasteiger partial charge on any atom is -0.351 e. The van der Waals surface area contributed by atoms with Crippen molar-refractivity contribution >= 4 is 34.3 Å². The van der Waals surface area contributed by atoms with Crippen LogP contribution in [0.25, 0.3) is 16.7 Å². The van der Waals surface area contributed by atoms with E-state index in [9.17, 15) is 19.3 Å². The third-order valence-electron chi connectivity index (χ3n) is 5.31. The molecule has 0 saturated heterocycles. The van der Waals surface area contributed by atoms with Crippen molar-refractivity contribution in [3.8, 4) is 5.69 Å². The van der Waals surface area contributed by atoms with Crippen molar-refractivity contribution in [1.82, 2.24) is 14.1 Å². The third kappa shape index (κ3) is 3.84. The highest BCUT2D eigenvalue weighted by Crippen LogP contribution is 2.31. The number of benzene rings is 2. The number of carbonyl (C=O) groups excluding carboxylic acids is 1. The second kappa shape index (κ2) is 7.99. The largest absolute Gasteiger partial charge is 0.351 e. The number of hydrogen-bond acceptors (Lipinski definition) is 5. The lowest BCUT2D eigenvalue weighted by Crippen LogP contribution is -2.06. The van der Waals surface area contributed by atoms with E-state index in [1.165, 1.54) is 36.0 Å². The topological polar surface area (TPSA) is 83.0 Å². The van der Waals surface area contributed by atoms with Crippen LogP contribution in [0.1, 0.15) is 21.7 Å². The summed E-state index contributed by atoms with van der Waals surface area (Å²) < 4.78 is 17.2. The number of aromatic nitrogens is 3. The number of halogens is 1. The molecule has 4 aromatic rings. The van der Waals surface area contributed by atoms with Crippen LogP contribution in [0.4, 0.5) is 10.1 Å². The summed E-state index contributed by atoms with van der Waals surface area (Å²) in [5, 5.41) is 11.7. The van der Waals surface area contributed by atoms with Gasteiger partial charge in [-0.25, -0.2) is 9.37 Å². The van der Waals surface area contributed by atoms with Crippen LogP contribution in [-0.4, -0.2) is 30.6 Å². The molecule has 0 atom stereocenters. The average Bonchev–Trinajstić information content (AvgIpc) is 3.24. The number of hydrogen-bond donors (Lipinski definition) is 0. The fourth-order valence-corrected chi connectivity index (χ4v) is 4.35. The Balaban J connectivity index is 1.74. The van der Waals surface area contributed by atoms with E-state index in [4.69, 9.17) is 0 Å². The van der Waals surface area contributed by atoms with Gasteiger partial charge >= 0.3 is 0 Å². The molecule has 2 aromatic carbocycles. The first-order valence-corrected chi connectivity index (χ1v) is 10.5. The number of non-ortho nitro benzene ring substituents is 1. The second-order valence-electron chi connectivity index (χ2n) is 7.19. The van der Waals surface area contributed by atoms with E-state index in [1.54, 1.807) is 22.8 Å². The number of fused-ring (bicyclic) bond motifs is 1. The van der Waals surface area contributed by atoms with Gasteiger partial charge in [0.1, 0.15) is 5.82 Å². The van der Waals surface area contributed by atoms with E-state index in [0.717, 1.165) is 11.4 Å². The molecule has 0 aliphatic carbocycles. The lowest BCUT2D eigenvalue weighted by molar-refractivity contribution is -0.384. The van der Waals surface area contributed by atoms with Crippen LogP contribution in [0.15, 0.2) is 53.7 Å². The Hall–Kier alpha value is -3.46. The van der Waals surface area contributed by atoms with Crippen molar-refractivity contribution < 1.29 is 14.1 Å². The summed E-state index contributed by atoms with van der Waals surface area (Å²) in [7, 11) is 1.91. The summed E-state index contributed by atoms with van der Waals surface area (Å²) in [4.78, 5) is 28.1. The standard InChI is InChI=1S/C22H19FN4O3S/c1-13-10-18(14(2)25(13)3)21(28)12-31-22-24-19-11-17(27(29)30)8-9-20(19)26(22)16-6-4-15(23)5-7-16/h4-11H,12H2,1-3H3. The number of aryl methyl sites for hydroxylation is 1. The van der Waals surface area contributed by atoms with Crippen LogP contribution >= 0.6 is 11.8 Å². The first kappa shape index (κ1) is 20.8. The number of thioether (sulfide) groups is 1. The molecule has 2 aromatic heterocycles. The maximum Gasteiger partial charge on any atom is 0.271 e. The summed E-state index contributed by atoms with van der Waals surface area (Å²) in [6.07, 6.45) is 0. The van der Waals surface area contributed by atoms with E-state index < -0.39 is 4.92 Å². The number of nitro groups is 1. The molecular formula is C22H19FN4O3S. The molecule has 0 aliphatic heterocycles. The molecule has 0 aliphatic rings. The van der Waals surface area contributed by atoms with Crippen molar-refractivity contribution in [2.24, 2.45) is 7.05 Å². The van der Waals surface area contributed by atoms with Gasteiger partial charge in [0.15, 0.2) is 10.9 Å². The minimum absolute atomic E-state index is 0.0325. The fourth-order valence-electron chi connectivity index (χ4n) is 3.44. The normalized spacial score (nSPS) is 11.2. The van der Waals surface area contributed by atoms with Crippen LogP contribution in [0, 0.1) is 29.8 Å². The second-order valence-corrected chi connectivity index (χ2v) is 8.13. The molecule has 7 nitrogen and oxygen atoms in total. The van der Waals surface area contributed by atoms with E-state index in [0.29, 0.717) is 27.4 Å². The Kier molecular flexibility index (Phi) is 5.36. The van der Waals surface area contributed by atoms with Crippen molar-refractivity contribution in [1.29, 1.82) is 0 Å². The van der Waals surface area contributed by atoms with Crippen molar-refractivity contribution in [2.45, 2.75) is 19.0 Å². The zero-order valence-corrected chi connectivity index (χ0v) is 17.9. The van der Waals surface area contributed by atoms with Crippen LogP contribution in [0.5, 0.6) is 0 Å². The number of imidazole rings is 1. The Morgan fingerprint density at radius 3 is 2.48 bits per heavy atom. The molecule has 0 amide bonds. The van der Waals surface area contributed by atoms with Gasteiger partial charge in [0, 0.05) is 41.8 Å². The van der Waals surface area contributed by atoms with Crippen LogP contribution in [0.2, 0.25) is 0 Å². The maximum atomic E-state index is 13.4. The SMILES string of the molecule is Cc1cc(C(=O)CSc2nc3cc([N+](=O)[O-])ccc3n2-c2ccc(F)cc2)c(C)n1C. The van der Waals surface area contributed by atoms with Gasteiger partial charge in [-0.15, -0.1) is 0 Å². The van der Waals surface area contributed by atoms with E-state index in [1.807, 2.05) is 31.5 Å². The van der Waals surface area contributed by atoms with E-state index >= 15 is 0 Å². The number of nitrogens with zero attached hydrogens (tertiary/aromatic N) is 4. The lowest BCUT2D eigenvalue weighted by Gasteiger charge is -2.09. The maximum absolute atomic E-state index is 13.4. The highest BCUT2D eigenvalue weighted by molar-refractivity contribution is 7.99. The third-order valence-corrected chi connectivity index (χ3v) is 6.25. The molecule has 0 N–H and O–H groups in total. The average molecular weight is 438 g/mol. The number of Topliss-reactive ketones (excluding diaryl/α,β-unsaturated/α-hetero) is 1. The number of rotatable bonds is 6. The predicted molar refractivity (Wildman–Crippen MR) is 118 cm³/mol. The van der Waals surface area contributed by atoms with Crippen molar-refractivity contribution in [2.75, 3.05) is 5.75 Å². The van der Waals surface area contributed by atoms with Crippen molar-refractivity contribution in [3.63, 3.8) is 0 Å². The lowest BCUT2D eigenvalue weighted by atomic mass is 10.2. The highest BCUT2D eigenvalue weighted by Gasteiger charge is 2.19. The Bertz CT molecular complexity index is 1330. The Morgan fingerprint density at radius 1 is 1.16 bits per heavy atom. The van der Waals surface area contributed by atoms with E-state index in [2.05, 4.69) is 4.98 Å². The zero-order chi connectivity index (χ0) is 22.3. The molecule has 2 heterocycles. The van der Waals surface area contributed by atoms with Gasteiger partial charge in [0.25, 0.3) is 5.69 Å². The van der Waals surface area contributed by atoms with Gasteiger partial charge in [-0.2, -0.15) is 0 Å². The van der Waals surface area contributed by atoms with Crippen LogP contribution in [-0.2, 0) is 7.05 Å².